The smallest absolute Gasteiger partial charge is 0.0337 e. The summed E-state index contributed by atoms with van der Waals surface area (Å²) in [6, 6.07) is 0.814. The van der Waals surface area contributed by atoms with E-state index in [1.54, 1.807) is 0 Å². The Balaban J connectivity index is 1.81. The minimum absolute atomic E-state index is 0.467. The van der Waals surface area contributed by atoms with Gasteiger partial charge in [-0.1, -0.05) is 46.0 Å². The molecule has 1 aliphatic heterocycles. The summed E-state index contributed by atoms with van der Waals surface area (Å²) >= 11 is 0. The number of rotatable bonds is 3. The maximum absolute atomic E-state index is 4.06. The summed E-state index contributed by atoms with van der Waals surface area (Å²) in [5.74, 6) is 0. The molecule has 0 amide bonds. The summed E-state index contributed by atoms with van der Waals surface area (Å²) in [6.07, 6.45) is 15.6. The fraction of sp³-hybridized carbons (Fsp3) is 1.00. The number of piperazine rings is 1. The van der Waals surface area contributed by atoms with Crippen molar-refractivity contribution >= 4 is 0 Å². The Bertz CT molecular complexity index is 309. The number of nitrogens with one attached hydrogen (secondary N) is 1. The van der Waals surface area contributed by atoms with Gasteiger partial charge in [0.1, 0.15) is 0 Å². The Kier molecular flexibility index (Phi) is 4.42. The molecule has 2 spiro atoms. The molecule has 0 atom stereocenters. The molecule has 2 heteroatoms. The van der Waals surface area contributed by atoms with E-state index in [-0.39, 0.29) is 0 Å². The van der Waals surface area contributed by atoms with Crippen LogP contribution in [0, 0.1) is 0 Å². The molecule has 0 aromatic heterocycles. The van der Waals surface area contributed by atoms with Gasteiger partial charge in [-0.2, -0.15) is 0 Å². The predicted octanol–water partition coefficient (Wildman–Crippen LogP) is 4.10. The van der Waals surface area contributed by atoms with E-state index in [0.717, 1.165) is 6.04 Å². The molecule has 1 N–H and O–H groups in total. The van der Waals surface area contributed by atoms with Crippen LogP contribution in [0.3, 0.4) is 0 Å². The van der Waals surface area contributed by atoms with E-state index in [9.17, 15) is 0 Å². The highest BCUT2D eigenvalue weighted by atomic mass is 15.3. The summed E-state index contributed by atoms with van der Waals surface area (Å²) in [5.41, 5.74) is 0.980. The van der Waals surface area contributed by atoms with E-state index >= 15 is 0 Å². The highest BCUT2D eigenvalue weighted by Crippen LogP contribution is 2.43. The Labute approximate surface area is 125 Å². The predicted molar refractivity (Wildman–Crippen MR) is 86.1 cm³/mol. The van der Waals surface area contributed by atoms with Crippen molar-refractivity contribution in [1.82, 2.24) is 10.2 Å². The van der Waals surface area contributed by atoms with Crippen LogP contribution in [0.5, 0.6) is 0 Å². The second-order valence-electron chi connectivity index (χ2n) is 7.72. The van der Waals surface area contributed by atoms with E-state index in [2.05, 4.69) is 24.1 Å². The number of hydrogen-bond acceptors (Lipinski definition) is 2. The van der Waals surface area contributed by atoms with Crippen molar-refractivity contribution in [3.05, 3.63) is 0 Å². The van der Waals surface area contributed by atoms with Crippen LogP contribution >= 0.6 is 0 Å². The van der Waals surface area contributed by atoms with Crippen molar-refractivity contribution in [3.8, 4) is 0 Å². The molecule has 0 bridgehead atoms. The number of nitrogens with zero attached hydrogens (tertiary/aromatic N) is 1. The molecule has 3 fully saturated rings. The van der Waals surface area contributed by atoms with Gasteiger partial charge in [0.2, 0.25) is 0 Å². The summed E-state index contributed by atoms with van der Waals surface area (Å²) in [5, 5.41) is 4.06. The summed E-state index contributed by atoms with van der Waals surface area (Å²) in [7, 11) is 0. The fourth-order valence-corrected chi connectivity index (χ4v) is 5.31. The van der Waals surface area contributed by atoms with Gasteiger partial charge in [-0.25, -0.2) is 0 Å². The molecule has 0 aromatic rings. The SMILES string of the molecule is CCC(CC)N1CC2(CCCCC2)NCC12CCCC2. The van der Waals surface area contributed by atoms with Gasteiger partial charge >= 0.3 is 0 Å². The first-order valence-corrected chi connectivity index (χ1v) is 9.25. The van der Waals surface area contributed by atoms with Crippen LogP contribution in [0.15, 0.2) is 0 Å². The lowest BCUT2D eigenvalue weighted by atomic mass is 9.75. The topological polar surface area (TPSA) is 15.3 Å². The van der Waals surface area contributed by atoms with Crippen molar-refractivity contribution in [2.75, 3.05) is 13.1 Å². The van der Waals surface area contributed by atoms with E-state index in [0.29, 0.717) is 11.1 Å². The molecule has 2 saturated carbocycles. The van der Waals surface area contributed by atoms with Crippen molar-refractivity contribution < 1.29 is 0 Å². The minimum atomic E-state index is 0.467. The highest BCUT2D eigenvalue weighted by Gasteiger charge is 2.50. The van der Waals surface area contributed by atoms with E-state index in [1.807, 2.05) is 0 Å². The average Bonchev–Trinajstić information content (AvgIpc) is 2.95. The van der Waals surface area contributed by atoms with Gasteiger partial charge in [0, 0.05) is 30.2 Å². The molecule has 3 aliphatic rings. The quantitative estimate of drug-likeness (QED) is 0.836. The third-order valence-electron chi connectivity index (χ3n) is 6.60. The van der Waals surface area contributed by atoms with Gasteiger partial charge < -0.3 is 5.32 Å². The minimum Gasteiger partial charge on any atom is -0.308 e. The van der Waals surface area contributed by atoms with Crippen LogP contribution in [0.4, 0.5) is 0 Å². The molecule has 1 saturated heterocycles. The first kappa shape index (κ1) is 14.8. The maximum atomic E-state index is 4.06. The van der Waals surface area contributed by atoms with Gasteiger partial charge in [0.05, 0.1) is 0 Å². The zero-order valence-electron chi connectivity index (χ0n) is 13.7. The molecular formula is C18H34N2. The van der Waals surface area contributed by atoms with Gasteiger partial charge in [-0.3, -0.25) is 4.90 Å². The van der Waals surface area contributed by atoms with E-state index < -0.39 is 0 Å². The monoisotopic (exact) mass is 278 g/mol. The molecule has 2 aliphatic carbocycles. The van der Waals surface area contributed by atoms with Crippen LogP contribution in [0.2, 0.25) is 0 Å². The van der Waals surface area contributed by atoms with Crippen LogP contribution in [-0.2, 0) is 0 Å². The first-order chi connectivity index (χ1) is 9.74. The highest BCUT2D eigenvalue weighted by molar-refractivity contribution is 5.09. The molecule has 20 heavy (non-hydrogen) atoms. The molecular weight excluding hydrogens is 244 g/mol. The van der Waals surface area contributed by atoms with Crippen molar-refractivity contribution in [3.63, 3.8) is 0 Å². The normalized spacial score (nSPS) is 29.6. The molecule has 0 aromatic carbocycles. The van der Waals surface area contributed by atoms with Gasteiger partial charge in [0.25, 0.3) is 0 Å². The van der Waals surface area contributed by atoms with Crippen molar-refractivity contribution in [2.24, 2.45) is 0 Å². The zero-order valence-corrected chi connectivity index (χ0v) is 13.7. The zero-order chi connectivity index (χ0) is 14.1. The fourth-order valence-electron chi connectivity index (χ4n) is 5.31. The second kappa shape index (κ2) is 5.96. The third-order valence-corrected chi connectivity index (χ3v) is 6.60. The number of hydrogen-bond donors (Lipinski definition) is 1. The molecule has 3 rings (SSSR count). The van der Waals surface area contributed by atoms with Gasteiger partial charge in [0.15, 0.2) is 0 Å². The van der Waals surface area contributed by atoms with Crippen LogP contribution < -0.4 is 5.32 Å². The van der Waals surface area contributed by atoms with Crippen molar-refractivity contribution in [2.45, 2.75) is 102 Å². The van der Waals surface area contributed by atoms with Crippen molar-refractivity contribution in [1.29, 1.82) is 0 Å². The standard InChI is InChI=1S/C18H34N2/c1-3-16(4-2)20-15-17(10-6-5-7-11-17)19-14-18(20)12-8-9-13-18/h16,19H,3-15H2,1-2H3. The largest absolute Gasteiger partial charge is 0.308 e. The molecule has 0 radical (unpaired) electrons. The molecule has 2 nitrogen and oxygen atoms in total. The molecule has 116 valence electrons. The lowest BCUT2D eigenvalue weighted by Gasteiger charge is -2.57. The molecule has 0 unspecified atom stereocenters. The first-order valence-electron chi connectivity index (χ1n) is 9.25. The van der Waals surface area contributed by atoms with Gasteiger partial charge in [-0.15, -0.1) is 0 Å². The summed E-state index contributed by atoms with van der Waals surface area (Å²) in [4.78, 5) is 2.99. The Morgan fingerprint density at radius 1 is 0.900 bits per heavy atom. The molecule has 1 heterocycles. The van der Waals surface area contributed by atoms with Crippen LogP contribution in [0.25, 0.3) is 0 Å². The van der Waals surface area contributed by atoms with Gasteiger partial charge in [-0.05, 0) is 38.5 Å². The lowest BCUT2D eigenvalue weighted by Crippen LogP contribution is -2.71. The average molecular weight is 278 g/mol. The van der Waals surface area contributed by atoms with Crippen LogP contribution in [-0.4, -0.2) is 35.1 Å². The second-order valence-corrected chi connectivity index (χ2v) is 7.72. The summed E-state index contributed by atoms with van der Waals surface area (Å²) in [6.45, 7) is 7.39. The maximum Gasteiger partial charge on any atom is 0.0337 e. The third kappa shape index (κ3) is 2.54. The van der Waals surface area contributed by atoms with E-state index in [1.165, 1.54) is 83.7 Å². The lowest BCUT2D eigenvalue weighted by molar-refractivity contribution is -0.0373. The Hall–Kier alpha value is -0.0800. The Morgan fingerprint density at radius 2 is 1.50 bits per heavy atom. The van der Waals surface area contributed by atoms with Crippen LogP contribution in [0.1, 0.15) is 84.5 Å². The van der Waals surface area contributed by atoms with E-state index in [4.69, 9.17) is 0 Å². The summed E-state index contributed by atoms with van der Waals surface area (Å²) < 4.78 is 0. The Morgan fingerprint density at radius 3 is 2.10 bits per heavy atom.